The van der Waals surface area contributed by atoms with Gasteiger partial charge in [0.1, 0.15) is 11.2 Å². The lowest BCUT2D eigenvalue weighted by Gasteiger charge is -2.70. The van der Waals surface area contributed by atoms with Crippen LogP contribution in [0.5, 0.6) is 0 Å². The summed E-state index contributed by atoms with van der Waals surface area (Å²) in [6.07, 6.45) is 9.62. The summed E-state index contributed by atoms with van der Waals surface area (Å²) in [5.74, 6) is -0.785. The van der Waals surface area contributed by atoms with Gasteiger partial charge in [0.15, 0.2) is 0 Å². The van der Waals surface area contributed by atoms with Crippen LogP contribution in [0, 0.1) is 34.5 Å². The van der Waals surface area contributed by atoms with E-state index in [1.807, 2.05) is 0 Å². The number of carbonyl (C=O) groups is 1. The average molecular weight is 603 g/mol. The minimum Gasteiger partial charge on any atom is -0.462 e. The largest absolute Gasteiger partial charge is 0.462 e. The van der Waals surface area contributed by atoms with E-state index in [2.05, 4.69) is 11.8 Å². The molecule has 240 valence electrons. The van der Waals surface area contributed by atoms with Crippen LogP contribution in [-0.2, 0) is 28.5 Å². The Morgan fingerprint density at radius 2 is 1.84 bits per heavy atom. The Bertz CT molecular complexity index is 1190. The summed E-state index contributed by atoms with van der Waals surface area (Å²) in [6, 6.07) is -0.394. The SMILES string of the molecule is CCN1CC2(COC(=O)C(C)=CC=CC=CN)CCC(OC)C34C5CC6C(OC)CC(O)(C5C6OC)C(O)(C(OC)C23)C14. The highest BCUT2D eigenvalue weighted by atomic mass is 16.5. The summed E-state index contributed by atoms with van der Waals surface area (Å²) in [4.78, 5) is 15.6. The van der Waals surface area contributed by atoms with Gasteiger partial charge in [0.25, 0.3) is 0 Å². The zero-order chi connectivity index (χ0) is 30.9. The number of nitrogens with two attached hydrogens (primary N) is 1. The van der Waals surface area contributed by atoms with E-state index in [0.717, 1.165) is 19.3 Å². The second kappa shape index (κ2) is 10.9. The van der Waals surface area contributed by atoms with Crippen molar-refractivity contribution >= 4 is 5.97 Å². The summed E-state index contributed by atoms with van der Waals surface area (Å²) in [6.45, 7) is 5.34. The van der Waals surface area contributed by atoms with E-state index >= 15 is 0 Å². The zero-order valence-corrected chi connectivity index (χ0v) is 26.4. The molecular formula is C33H50N2O8. The molecule has 1 aliphatic heterocycles. The number of aliphatic hydroxyl groups is 2. The predicted molar refractivity (Wildman–Crippen MR) is 159 cm³/mol. The van der Waals surface area contributed by atoms with Gasteiger partial charge < -0.3 is 39.6 Å². The summed E-state index contributed by atoms with van der Waals surface area (Å²) in [5, 5.41) is 26.3. The van der Waals surface area contributed by atoms with Gasteiger partial charge >= 0.3 is 5.97 Å². The van der Waals surface area contributed by atoms with E-state index in [-0.39, 0.29) is 54.6 Å². The van der Waals surface area contributed by atoms with E-state index in [1.54, 1.807) is 59.7 Å². The van der Waals surface area contributed by atoms with Gasteiger partial charge in [-0.15, -0.1) is 0 Å². The van der Waals surface area contributed by atoms with E-state index in [4.69, 9.17) is 29.4 Å². The molecule has 5 saturated carbocycles. The van der Waals surface area contributed by atoms with Crippen molar-refractivity contribution in [3.63, 3.8) is 0 Å². The minimum absolute atomic E-state index is 0.0000654. The number of rotatable bonds is 10. The van der Waals surface area contributed by atoms with E-state index in [1.165, 1.54) is 6.20 Å². The summed E-state index contributed by atoms with van der Waals surface area (Å²) in [5.41, 5.74) is 1.73. The van der Waals surface area contributed by atoms with Crippen LogP contribution < -0.4 is 5.73 Å². The molecule has 0 amide bonds. The van der Waals surface area contributed by atoms with Crippen molar-refractivity contribution in [2.75, 3.05) is 48.1 Å². The zero-order valence-electron chi connectivity index (χ0n) is 26.4. The van der Waals surface area contributed by atoms with Gasteiger partial charge in [0.2, 0.25) is 0 Å². The van der Waals surface area contributed by atoms with Crippen molar-refractivity contribution in [2.45, 2.75) is 81.2 Å². The third-order valence-electron chi connectivity index (χ3n) is 12.8. The number of nitrogens with zero attached hydrogens (tertiary/aromatic N) is 1. The number of esters is 1. The van der Waals surface area contributed by atoms with Crippen molar-refractivity contribution in [2.24, 2.45) is 40.2 Å². The molecular weight excluding hydrogens is 552 g/mol. The molecule has 0 aromatic heterocycles. The van der Waals surface area contributed by atoms with Gasteiger partial charge in [0.05, 0.1) is 37.1 Å². The van der Waals surface area contributed by atoms with Gasteiger partial charge in [-0.3, -0.25) is 4.90 Å². The first kappa shape index (κ1) is 31.2. The van der Waals surface area contributed by atoms with Crippen LogP contribution in [0.25, 0.3) is 0 Å². The number of hydrogen-bond acceptors (Lipinski definition) is 10. The molecule has 1 heterocycles. The standard InChI is InChI=1S/C33H50N2O8/c1-7-35-17-30(18-43-28(36)19(2)11-9-8-10-14-34)13-12-23(40-4)32-21-15-20-22(39-3)16-31(37,24(21)25(20)41-5)33(38,29(32)35)27(42-6)26(30)32/h8-11,14,20-27,29,37-38H,7,12-13,15-18,34H2,1-6H3. The van der Waals surface area contributed by atoms with Crippen LogP contribution in [0.4, 0.5) is 0 Å². The van der Waals surface area contributed by atoms with Crippen LogP contribution in [0.1, 0.15) is 39.5 Å². The highest BCUT2D eigenvalue weighted by molar-refractivity contribution is 5.88. The van der Waals surface area contributed by atoms with Crippen molar-refractivity contribution < 1.29 is 38.7 Å². The molecule has 10 nitrogen and oxygen atoms in total. The number of methoxy groups -OCH3 is 4. The molecule has 5 aliphatic carbocycles. The van der Waals surface area contributed by atoms with Crippen LogP contribution in [0.2, 0.25) is 0 Å². The Hall–Kier alpha value is -1.79. The topological polar surface area (TPSA) is 133 Å². The number of fused-ring (bicyclic) bond motifs is 2. The molecule has 13 unspecified atom stereocenters. The number of allylic oxidation sites excluding steroid dienone is 4. The highest BCUT2D eigenvalue weighted by Gasteiger charge is 2.91. The van der Waals surface area contributed by atoms with Crippen LogP contribution in [-0.4, -0.2) is 111 Å². The Morgan fingerprint density at radius 3 is 2.47 bits per heavy atom. The number of ether oxygens (including phenoxy) is 5. The highest BCUT2D eigenvalue weighted by Crippen LogP contribution is 2.80. The Morgan fingerprint density at radius 1 is 1.07 bits per heavy atom. The fraction of sp³-hybridized carbons (Fsp3) is 0.788. The van der Waals surface area contributed by atoms with Crippen LogP contribution in [0.3, 0.4) is 0 Å². The first-order valence-corrected chi connectivity index (χ1v) is 15.8. The van der Waals surface area contributed by atoms with Crippen molar-refractivity contribution in [1.29, 1.82) is 0 Å². The first-order chi connectivity index (χ1) is 20.6. The molecule has 0 aromatic rings. The number of hydrogen-bond donors (Lipinski definition) is 3. The Labute approximate surface area is 255 Å². The summed E-state index contributed by atoms with van der Waals surface area (Å²) in [7, 11) is 6.81. The molecule has 4 N–H and O–H groups in total. The molecule has 6 aliphatic rings. The number of likely N-dealkylation sites (tertiary alicyclic amines) is 1. The predicted octanol–water partition coefficient (Wildman–Crippen LogP) is 1.80. The van der Waals surface area contributed by atoms with Gasteiger partial charge in [-0.25, -0.2) is 4.79 Å². The maximum atomic E-state index is 13.3. The Kier molecular flexibility index (Phi) is 7.93. The molecule has 1 saturated heterocycles. The number of likely N-dealkylation sites (N-methyl/N-ethyl adjacent to an activating group) is 1. The van der Waals surface area contributed by atoms with E-state index < -0.39 is 34.2 Å². The average Bonchev–Trinajstić information content (AvgIpc) is 3.43. The second-order valence-corrected chi connectivity index (χ2v) is 13.9. The van der Waals surface area contributed by atoms with Crippen molar-refractivity contribution in [3.05, 3.63) is 36.1 Å². The maximum absolute atomic E-state index is 13.3. The number of piperidine rings is 1. The molecule has 6 rings (SSSR count). The van der Waals surface area contributed by atoms with Gasteiger partial charge in [-0.2, -0.15) is 0 Å². The molecule has 7 bridgehead atoms. The quantitative estimate of drug-likeness (QED) is 0.193. The van der Waals surface area contributed by atoms with Crippen LogP contribution in [0.15, 0.2) is 36.1 Å². The van der Waals surface area contributed by atoms with E-state index in [0.29, 0.717) is 25.1 Å². The van der Waals surface area contributed by atoms with E-state index in [9.17, 15) is 15.0 Å². The smallest absolute Gasteiger partial charge is 0.333 e. The molecule has 6 fully saturated rings. The van der Waals surface area contributed by atoms with Crippen molar-refractivity contribution in [1.82, 2.24) is 4.90 Å². The lowest BCUT2D eigenvalue weighted by atomic mass is 9.42. The third kappa shape index (κ3) is 3.74. The fourth-order valence-corrected chi connectivity index (χ4v) is 11.7. The summed E-state index contributed by atoms with van der Waals surface area (Å²) < 4.78 is 31.1. The molecule has 13 atom stereocenters. The fourth-order valence-electron chi connectivity index (χ4n) is 11.7. The minimum atomic E-state index is -1.61. The molecule has 0 radical (unpaired) electrons. The third-order valence-corrected chi connectivity index (χ3v) is 12.8. The van der Waals surface area contributed by atoms with Crippen LogP contribution >= 0.6 is 0 Å². The van der Waals surface area contributed by atoms with Gasteiger partial charge in [-0.1, -0.05) is 25.2 Å². The van der Waals surface area contributed by atoms with Gasteiger partial charge in [-0.05, 0) is 50.9 Å². The first-order valence-electron chi connectivity index (χ1n) is 15.8. The second-order valence-electron chi connectivity index (χ2n) is 13.9. The molecule has 10 heteroatoms. The van der Waals surface area contributed by atoms with Crippen molar-refractivity contribution in [3.8, 4) is 0 Å². The molecule has 1 spiro atoms. The monoisotopic (exact) mass is 602 g/mol. The number of carbonyl (C=O) groups excluding carboxylic acids is 1. The molecule has 0 aromatic carbocycles. The maximum Gasteiger partial charge on any atom is 0.333 e. The van der Waals surface area contributed by atoms with Gasteiger partial charge in [0, 0.05) is 75.6 Å². The lowest BCUT2D eigenvalue weighted by Crippen LogP contribution is -2.82. The normalized spacial score (nSPS) is 50.1. The lowest BCUT2D eigenvalue weighted by molar-refractivity contribution is -0.320. The Balaban J connectivity index is 1.49. The summed E-state index contributed by atoms with van der Waals surface area (Å²) >= 11 is 0. The molecule has 43 heavy (non-hydrogen) atoms.